The number of rotatable bonds is 7. The van der Waals surface area contributed by atoms with Crippen molar-refractivity contribution in [3.8, 4) is 11.3 Å². The number of benzene rings is 3. The van der Waals surface area contributed by atoms with E-state index in [0.717, 1.165) is 39.7 Å². The zero-order valence-corrected chi connectivity index (χ0v) is 17.2. The van der Waals surface area contributed by atoms with Gasteiger partial charge < -0.3 is 10.6 Å². The third-order valence-corrected chi connectivity index (χ3v) is 4.92. The molecule has 0 fully saturated rings. The number of H-pyrrole nitrogens is 1. The van der Waals surface area contributed by atoms with E-state index in [-0.39, 0.29) is 0 Å². The van der Waals surface area contributed by atoms with Crippen molar-refractivity contribution in [2.24, 2.45) is 0 Å². The highest BCUT2D eigenvalue weighted by Gasteiger charge is 2.05. The molecular formula is C25H21N7. The Kier molecular flexibility index (Phi) is 5.53. The van der Waals surface area contributed by atoms with Gasteiger partial charge in [0, 0.05) is 35.2 Å². The lowest BCUT2D eigenvalue weighted by molar-refractivity contribution is 0.972. The number of nitrogens with zero attached hydrogens (tertiary/aromatic N) is 4. The number of hydrogen-bond donors (Lipinski definition) is 3. The van der Waals surface area contributed by atoms with E-state index in [1.807, 2.05) is 78.9 Å². The van der Waals surface area contributed by atoms with E-state index < -0.39 is 0 Å². The molecule has 0 bridgehead atoms. The second-order valence-corrected chi connectivity index (χ2v) is 7.27. The third kappa shape index (κ3) is 4.79. The van der Waals surface area contributed by atoms with Gasteiger partial charge in [-0.05, 0) is 48.0 Å². The lowest BCUT2D eigenvalue weighted by atomic mass is 10.1. The van der Waals surface area contributed by atoms with Crippen LogP contribution in [0.15, 0.2) is 97.5 Å². The fourth-order valence-corrected chi connectivity index (χ4v) is 3.37. The highest BCUT2D eigenvalue weighted by atomic mass is 15.2. The summed E-state index contributed by atoms with van der Waals surface area (Å²) in [5, 5.41) is 13.5. The standard InChI is InChI=1S/C25H21N7/c1-2-6-20(7-3-1)29-22-8-4-5-19(16-22)23-13-14-26-25(31-23)30-21-11-9-18(10-12-21)15-24-27-17-28-32-24/h1-14,16-17,29H,15H2,(H,26,30,31)(H,27,28,32). The second-order valence-electron chi connectivity index (χ2n) is 7.27. The predicted molar refractivity (Wildman–Crippen MR) is 126 cm³/mol. The first-order valence-electron chi connectivity index (χ1n) is 10.3. The summed E-state index contributed by atoms with van der Waals surface area (Å²) < 4.78 is 0. The Morgan fingerprint density at radius 3 is 2.34 bits per heavy atom. The average molecular weight is 419 g/mol. The third-order valence-electron chi connectivity index (χ3n) is 4.92. The van der Waals surface area contributed by atoms with Crippen molar-refractivity contribution in [2.75, 3.05) is 10.6 Å². The topological polar surface area (TPSA) is 91.4 Å². The highest BCUT2D eigenvalue weighted by Crippen LogP contribution is 2.24. The van der Waals surface area contributed by atoms with E-state index >= 15 is 0 Å². The summed E-state index contributed by atoms with van der Waals surface area (Å²) in [6.45, 7) is 0. The molecule has 0 aliphatic heterocycles. The zero-order chi connectivity index (χ0) is 21.6. The molecule has 2 heterocycles. The lowest BCUT2D eigenvalue weighted by Gasteiger charge is -2.10. The fraction of sp³-hybridized carbons (Fsp3) is 0.0400. The van der Waals surface area contributed by atoms with Gasteiger partial charge in [-0.2, -0.15) is 5.10 Å². The molecule has 5 aromatic rings. The maximum absolute atomic E-state index is 4.70. The number of aromatic nitrogens is 5. The van der Waals surface area contributed by atoms with Crippen LogP contribution in [-0.4, -0.2) is 25.1 Å². The van der Waals surface area contributed by atoms with Crippen molar-refractivity contribution in [3.05, 3.63) is 109 Å². The van der Waals surface area contributed by atoms with Crippen molar-refractivity contribution in [2.45, 2.75) is 6.42 Å². The molecule has 0 saturated heterocycles. The van der Waals surface area contributed by atoms with Crippen LogP contribution in [-0.2, 0) is 6.42 Å². The van der Waals surface area contributed by atoms with Gasteiger partial charge in [0.15, 0.2) is 0 Å². The Morgan fingerprint density at radius 2 is 1.53 bits per heavy atom. The number of hydrogen-bond acceptors (Lipinski definition) is 6. The number of anilines is 4. The molecule has 0 aliphatic rings. The first-order valence-corrected chi connectivity index (χ1v) is 10.3. The molecule has 0 unspecified atom stereocenters. The van der Waals surface area contributed by atoms with Gasteiger partial charge in [0.25, 0.3) is 0 Å². The van der Waals surface area contributed by atoms with Gasteiger partial charge in [-0.15, -0.1) is 0 Å². The van der Waals surface area contributed by atoms with Crippen molar-refractivity contribution >= 4 is 23.0 Å². The molecule has 32 heavy (non-hydrogen) atoms. The first kappa shape index (κ1) is 19.4. The fourth-order valence-electron chi connectivity index (χ4n) is 3.37. The van der Waals surface area contributed by atoms with Crippen molar-refractivity contribution in [3.63, 3.8) is 0 Å². The Labute approximate surface area is 185 Å². The minimum absolute atomic E-state index is 0.548. The second kappa shape index (κ2) is 9.09. The van der Waals surface area contributed by atoms with Crippen molar-refractivity contribution < 1.29 is 0 Å². The van der Waals surface area contributed by atoms with Gasteiger partial charge in [0.1, 0.15) is 12.2 Å². The summed E-state index contributed by atoms with van der Waals surface area (Å²) in [7, 11) is 0. The summed E-state index contributed by atoms with van der Waals surface area (Å²) >= 11 is 0. The Hall–Kier alpha value is -4.52. The van der Waals surface area contributed by atoms with E-state index in [4.69, 9.17) is 4.98 Å². The van der Waals surface area contributed by atoms with Gasteiger partial charge >= 0.3 is 0 Å². The Bertz CT molecular complexity index is 1280. The van der Waals surface area contributed by atoms with E-state index in [2.05, 4.69) is 36.9 Å². The molecule has 0 aliphatic carbocycles. The van der Waals surface area contributed by atoms with Crippen LogP contribution in [0.5, 0.6) is 0 Å². The molecule has 3 aromatic carbocycles. The van der Waals surface area contributed by atoms with Crippen molar-refractivity contribution in [1.82, 2.24) is 25.1 Å². The summed E-state index contributed by atoms with van der Waals surface area (Å²) in [5.41, 5.74) is 5.97. The van der Waals surface area contributed by atoms with E-state index in [1.54, 1.807) is 6.20 Å². The average Bonchev–Trinajstić information content (AvgIpc) is 3.35. The molecule has 7 heteroatoms. The molecule has 2 aromatic heterocycles. The number of para-hydroxylation sites is 1. The van der Waals surface area contributed by atoms with Gasteiger partial charge in [-0.1, -0.05) is 42.5 Å². The van der Waals surface area contributed by atoms with Crippen LogP contribution in [0.25, 0.3) is 11.3 Å². The van der Waals surface area contributed by atoms with Gasteiger partial charge in [0.2, 0.25) is 5.95 Å². The minimum Gasteiger partial charge on any atom is -0.356 e. The summed E-state index contributed by atoms with van der Waals surface area (Å²) in [5.74, 6) is 1.39. The molecule has 7 nitrogen and oxygen atoms in total. The first-order chi connectivity index (χ1) is 15.8. The van der Waals surface area contributed by atoms with E-state index in [0.29, 0.717) is 12.4 Å². The normalized spacial score (nSPS) is 10.6. The molecule has 0 amide bonds. The summed E-state index contributed by atoms with van der Waals surface area (Å²) in [4.78, 5) is 13.2. The maximum Gasteiger partial charge on any atom is 0.227 e. The minimum atomic E-state index is 0.548. The molecule has 3 N–H and O–H groups in total. The molecule has 156 valence electrons. The number of nitrogens with one attached hydrogen (secondary N) is 3. The molecule has 0 radical (unpaired) electrons. The van der Waals surface area contributed by atoms with Crippen LogP contribution in [0.2, 0.25) is 0 Å². The molecular weight excluding hydrogens is 398 g/mol. The van der Waals surface area contributed by atoms with Gasteiger partial charge in [-0.3, -0.25) is 5.10 Å². The molecule has 0 atom stereocenters. The van der Waals surface area contributed by atoms with Crippen LogP contribution in [0, 0.1) is 0 Å². The Balaban J connectivity index is 1.30. The monoisotopic (exact) mass is 419 g/mol. The van der Waals surface area contributed by atoms with Gasteiger partial charge in [0.05, 0.1) is 5.69 Å². The quantitative estimate of drug-likeness (QED) is 0.330. The Morgan fingerprint density at radius 1 is 0.719 bits per heavy atom. The smallest absolute Gasteiger partial charge is 0.227 e. The molecule has 5 rings (SSSR count). The largest absolute Gasteiger partial charge is 0.356 e. The van der Waals surface area contributed by atoms with Crippen LogP contribution < -0.4 is 10.6 Å². The van der Waals surface area contributed by atoms with E-state index in [9.17, 15) is 0 Å². The van der Waals surface area contributed by atoms with Crippen LogP contribution in [0.1, 0.15) is 11.4 Å². The van der Waals surface area contributed by atoms with Crippen LogP contribution >= 0.6 is 0 Å². The van der Waals surface area contributed by atoms with E-state index in [1.165, 1.54) is 6.33 Å². The zero-order valence-electron chi connectivity index (χ0n) is 17.2. The highest BCUT2D eigenvalue weighted by molar-refractivity contribution is 5.69. The molecule has 0 spiro atoms. The SMILES string of the molecule is c1ccc(Nc2cccc(-c3ccnc(Nc4ccc(Cc5ncn[nH]5)cc4)n3)c2)cc1. The predicted octanol–water partition coefficient (Wildman–Crippen LogP) is 5.34. The maximum atomic E-state index is 4.70. The lowest BCUT2D eigenvalue weighted by Crippen LogP contribution is -1.99. The van der Waals surface area contributed by atoms with Crippen LogP contribution in [0.4, 0.5) is 23.0 Å². The van der Waals surface area contributed by atoms with Gasteiger partial charge in [-0.25, -0.2) is 15.0 Å². The molecule has 0 saturated carbocycles. The number of aromatic amines is 1. The summed E-state index contributed by atoms with van der Waals surface area (Å²) in [6, 6.07) is 28.3. The summed E-state index contributed by atoms with van der Waals surface area (Å²) in [6.07, 6.45) is 3.99. The van der Waals surface area contributed by atoms with Crippen molar-refractivity contribution in [1.29, 1.82) is 0 Å². The van der Waals surface area contributed by atoms with Crippen LogP contribution in [0.3, 0.4) is 0 Å².